The van der Waals surface area contributed by atoms with Gasteiger partial charge in [-0.1, -0.05) is 56.3 Å². The van der Waals surface area contributed by atoms with Crippen LogP contribution >= 0.6 is 0 Å². The van der Waals surface area contributed by atoms with Gasteiger partial charge >= 0.3 is 0 Å². The zero-order valence-corrected chi connectivity index (χ0v) is 20.9. The van der Waals surface area contributed by atoms with Crippen molar-refractivity contribution < 1.29 is 23.5 Å². The lowest BCUT2D eigenvalue weighted by molar-refractivity contribution is -0.142. The second-order valence-electron chi connectivity index (χ2n) is 8.96. The Hall–Kier alpha value is -3.87. The van der Waals surface area contributed by atoms with Gasteiger partial charge in [-0.2, -0.15) is 0 Å². The van der Waals surface area contributed by atoms with Gasteiger partial charge in [-0.05, 0) is 53.4 Å². The van der Waals surface area contributed by atoms with Gasteiger partial charge in [0.25, 0.3) is 5.91 Å². The van der Waals surface area contributed by atoms with Gasteiger partial charge in [0, 0.05) is 19.5 Å². The fraction of sp³-hybridized carbons (Fsp3) is 0.310. The predicted molar refractivity (Wildman–Crippen MR) is 137 cm³/mol. The fourth-order valence-electron chi connectivity index (χ4n) is 3.66. The Labute approximate surface area is 212 Å². The summed E-state index contributed by atoms with van der Waals surface area (Å²) in [5, 5.41) is 2.97. The second-order valence-corrected chi connectivity index (χ2v) is 8.96. The summed E-state index contributed by atoms with van der Waals surface area (Å²) < 4.78 is 24.4. The highest BCUT2D eigenvalue weighted by molar-refractivity contribution is 5.88. The Morgan fingerprint density at radius 1 is 0.889 bits per heavy atom. The third-order valence-electron chi connectivity index (χ3n) is 5.64. The summed E-state index contributed by atoms with van der Waals surface area (Å²) in [7, 11) is 1.57. The van der Waals surface area contributed by atoms with Crippen molar-refractivity contribution in [3.8, 4) is 11.5 Å². The number of benzene rings is 3. The first-order chi connectivity index (χ1) is 17.4. The highest BCUT2D eigenvalue weighted by Gasteiger charge is 2.30. The molecule has 0 aliphatic rings. The van der Waals surface area contributed by atoms with Crippen LogP contribution in [0.2, 0.25) is 0 Å². The molecule has 0 spiro atoms. The van der Waals surface area contributed by atoms with Gasteiger partial charge < -0.3 is 19.7 Å². The number of hydrogen-bond donors (Lipinski definition) is 1. The number of amides is 2. The van der Waals surface area contributed by atoms with Crippen LogP contribution in [-0.4, -0.2) is 43.0 Å². The van der Waals surface area contributed by atoms with E-state index in [0.717, 1.165) is 5.56 Å². The monoisotopic (exact) mass is 492 g/mol. The number of carbonyl (C=O) groups is 2. The standard InChI is InChI=1S/C29H33FN2O4/c1-21(2)18-31-29(34)27(17-22-7-5-4-6-8-22)32(19-23-9-11-24(30)12-10-23)28(33)20-36-26-15-13-25(35-3)14-16-26/h4-16,21,27H,17-20H2,1-3H3,(H,31,34)/t27-/m0/s1. The van der Waals surface area contributed by atoms with Crippen molar-refractivity contribution >= 4 is 11.8 Å². The van der Waals surface area contributed by atoms with E-state index in [4.69, 9.17) is 9.47 Å². The van der Waals surface area contributed by atoms with E-state index < -0.39 is 6.04 Å². The van der Waals surface area contributed by atoms with Crippen molar-refractivity contribution in [2.45, 2.75) is 32.9 Å². The number of methoxy groups -OCH3 is 1. The highest BCUT2D eigenvalue weighted by atomic mass is 19.1. The topological polar surface area (TPSA) is 67.9 Å². The average Bonchev–Trinajstić information content (AvgIpc) is 2.89. The molecule has 3 aromatic carbocycles. The van der Waals surface area contributed by atoms with Gasteiger partial charge in [0.15, 0.2) is 6.61 Å². The molecule has 3 aromatic rings. The number of ether oxygens (including phenoxy) is 2. The highest BCUT2D eigenvalue weighted by Crippen LogP contribution is 2.19. The van der Waals surface area contributed by atoms with E-state index in [2.05, 4.69) is 5.32 Å². The smallest absolute Gasteiger partial charge is 0.261 e. The second kappa shape index (κ2) is 13.3. The third kappa shape index (κ3) is 8.12. The summed E-state index contributed by atoms with van der Waals surface area (Å²) in [4.78, 5) is 28.4. The lowest BCUT2D eigenvalue weighted by Crippen LogP contribution is -2.52. The zero-order chi connectivity index (χ0) is 25.9. The van der Waals surface area contributed by atoms with Crippen molar-refractivity contribution in [3.05, 3.63) is 95.8 Å². The van der Waals surface area contributed by atoms with E-state index in [1.54, 1.807) is 43.5 Å². The van der Waals surface area contributed by atoms with Crippen molar-refractivity contribution in [1.82, 2.24) is 10.2 Å². The van der Waals surface area contributed by atoms with E-state index in [0.29, 0.717) is 30.0 Å². The molecule has 6 nitrogen and oxygen atoms in total. The molecule has 0 saturated heterocycles. The Bertz CT molecular complexity index is 1100. The van der Waals surface area contributed by atoms with Crippen LogP contribution < -0.4 is 14.8 Å². The molecule has 0 unspecified atom stereocenters. The summed E-state index contributed by atoms with van der Waals surface area (Å²) in [6.45, 7) is 4.40. The van der Waals surface area contributed by atoms with Gasteiger partial charge in [-0.25, -0.2) is 4.39 Å². The van der Waals surface area contributed by atoms with E-state index in [1.807, 2.05) is 44.2 Å². The number of nitrogens with one attached hydrogen (secondary N) is 1. The molecule has 1 N–H and O–H groups in total. The van der Waals surface area contributed by atoms with Gasteiger partial charge in [-0.3, -0.25) is 9.59 Å². The molecule has 2 amide bonds. The third-order valence-corrected chi connectivity index (χ3v) is 5.64. The van der Waals surface area contributed by atoms with E-state index in [-0.39, 0.29) is 36.7 Å². The van der Waals surface area contributed by atoms with E-state index in [9.17, 15) is 14.0 Å². The number of rotatable bonds is 12. The van der Waals surface area contributed by atoms with Crippen LogP contribution in [0.25, 0.3) is 0 Å². The molecule has 7 heteroatoms. The molecule has 0 aromatic heterocycles. The van der Waals surface area contributed by atoms with Gasteiger partial charge in [0.2, 0.25) is 5.91 Å². The summed E-state index contributed by atoms with van der Waals surface area (Å²) >= 11 is 0. The molecule has 0 bridgehead atoms. The molecule has 0 radical (unpaired) electrons. The largest absolute Gasteiger partial charge is 0.497 e. The molecule has 0 fully saturated rings. The maximum Gasteiger partial charge on any atom is 0.261 e. The number of halogens is 1. The molecule has 0 aliphatic heterocycles. The Balaban J connectivity index is 1.87. The van der Waals surface area contributed by atoms with Crippen LogP contribution in [0.15, 0.2) is 78.9 Å². The minimum atomic E-state index is -0.775. The molecular weight excluding hydrogens is 459 g/mol. The summed E-state index contributed by atoms with van der Waals surface area (Å²) in [5.74, 6) is 0.482. The first-order valence-corrected chi connectivity index (χ1v) is 12.0. The molecule has 3 rings (SSSR count). The van der Waals surface area contributed by atoms with Crippen molar-refractivity contribution in [2.24, 2.45) is 5.92 Å². The molecule has 36 heavy (non-hydrogen) atoms. The SMILES string of the molecule is COc1ccc(OCC(=O)N(Cc2ccc(F)cc2)[C@@H](Cc2ccccc2)C(=O)NCC(C)C)cc1. The molecule has 0 saturated carbocycles. The summed E-state index contributed by atoms with van der Waals surface area (Å²) in [5.41, 5.74) is 1.64. The van der Waals surface area contributed by atoms with Crippen LogP contribution in [0.3, 0.4) is 0 Å². The van der Waals surface area contributed by atoms with Gasteiger partial charge in [-0.15, -0.1) is 0 Å². The average molecular weight is 493 g/mol. The summed E-state index contributed by atoms with van der Waals surface area (Å²) in [6, 6.07) is 21.6. The van der Waals surface area contributed by atoms with Crippen molar-refractivity contribution in [3.63, 3.8) is 0 Å². The van der Waals surface area contributed by atoms with E-state index in [1.165, 1.54) is 17.0 Å². The van der Waals surface area contributed by atoms with Crippen molar-refractivity contribution in [1.29, 1.82) is 0 Å². The van der Waals surface area contributed by atoms with Crippen LogP contribution in [-0.2, 0) is 22.6 Å². The lowest BCUT2D eigenvalue weighted by atomic mass is 10.0. The van der Waals surface area contributed by atoms with Gasteiger partial charge in [0.1, 0.15) is 23.4 Å². The zero-order valence-electron chi connectivity index (χ0n) is 20.9. The number of nitrogens with zero attached hydrogens (tertiary/aromatic N) is 1. The van der Waals surface area contributed by atoms with Crippen LogP contribution in [0, 0.1) is 11.7 Å². The van der Waals surface area contributed by atoms with Crippen LogP contribution in [0.5, 0.6) is 11.5 Å². The Morgan fingerprint density at radius 2 is 1.53 bits per heavy atom. The minimum absolute atomic E-state index is 0.137. The molecule has 190 valence electrons. The maximum absolute atomic E-state index is 13.5. The maximum atomic E-state index is 13.5. The van der Waals surface area contributed by atoms with Gasteiger partial charge in [0.05, 0.1) is 7.11 Å². The van der Waals surface area contributed by atoms with Crippen molar-refractivity contribution in [2.75, 3.05) is 20.3 Å². The normalized spacial score (nSPS) is 11.6. The first-order valence-electron chi connectivity index (χ1n) is 12.0. The molecule has 1 atom stereocenters. The lowest BCUT2D eigenvalue weighted by Gasteiger charge is -2.31. The van der Waals surface area contributed by atoms with Crippen LogP contribution in [0.1, 0.15) is 25.0 Å². The van der Waals surface area contributed by atoms with E-state index >= 15 is 0 Å². The Morgan fingerprint density at radius 3 is 2.14 bits per heavy atom. The Kier molecular flexibility index (Phi) is 9.86. The predicted octanol–water partition coefficient (Wildman–Crippen LogP) is 4.63. The quantitative estimate of drug-likeness (QED) is 0.401. The minimum Gasteiger partial charge on any atom is -0.497 e. The number of hydrogen-bond acceptors (Lipinski definition) is 4. The molecule has 0 aliphatic carbocycles. The van der Waals surface area contributed by atoms with Crippen LogP contribution in [0.4, 0.5) is 4.39 Å². The first kappa shape index (κ1) is 26.7. The number of carbonyl (C=O) groups excluding carboxylic acids is 2. The molecule has 0 heterocycles. The fourth-order valence-corrected chi connectivity index (χ4v) is 3.66. The summed E-state index contributed by atoms with van der Waals surface area (Å²) in [6.07, 6.45) is 0.334. The molecular formula is C29H33FN2O4.